The summed E-state index contributed by atoms with van der Waals surface area (Å²) in [5.74, 6) is -1.81. The monoisotopic (exact) mass is 412 g/mol. The molecule has 0 saturated carbocycles. The Labute approximate surface area is 168 Å². The van der Waals surface area contributed by atoms with Crippen LogP contribution in [0.15, 0.2) is 18.2 Å². The van der Waals surface area contributed by atoms with E-state index in [9.17, 15) is 14.4 Å². The van der Waals surface area contributed by atoms with Gasteiger partial charge in [-0.15, -0.1) is 0 Å². The molecule has 0 bridgehead atoms. The molecule has 2 rings (SSSR count). The minimum absolute atomic E-state index is 0.166. The van der Waals surface area contributed by atoms with Crippen LogP contribution < -0.4 is 5.32 Å². The van der Waals surface area contributed by atoms with Crippen LogP contribution in [0.25, 0.3) is 6.08 Å². The maximum Gasteiger partial charge on any atom is 0.325 e. The van der Waals surface area contributed by atoms with Gasteiger partial charge in [-0.3, -0.25) is 14.4 Å². The number of aryl methyl sites for hydroxylation is 1. The number of hydrogen-bond donors (Lipinski definition) is 2. The number of benzene rings is 1. The minimum Gasteiger partial charge on any atom is -0.480 e. The number of piperidine rings is 1. The Morgan fingerprint density at radius 3 is 2.44 bits per heavy atom. The molecular formula is C19H22Cl2N2O4. The van der Waals surface area contributed by atoms with Crippen LogP contribution in [0.2, 0.25) is 10.0 Å². The molecule has 1 fully saturated rings. The van der Waals surface area contributed by atoms with Crippen molar-refractivity contribution in [2.24, 2.45) is 5.92 Å². The summed E-state index contributed by atoms with van der Waals surface area (Å²) in [7, 11) is 0. The Morgan fingerprint density at radius 2 is 1.85 bits per heavy atom. The number of halogens is 2. The zero-order valence-corrected chi connectivity index (χ0v) is 16.7. The average Bonchev–Trinajstić information content (AvgIpc) is 2.65. The highest BCUT2D eigenvalue weighted by Gasteiger charge is 2.28. The van der Waals surface area contributed by atoms with Crippen LogP contribution in [-0.4, -0.2) is 46.9 Å². The molecule has 1 aliphatic rings. The van der Waals surface area contributed by atoms with E-state index in [1.54, 1.807) is 17.0 Å². The predicted molar refractivity (Wildman–Crippen MR) is 105 cm³/mol. The van der Waals surface area contributed by atoms with Crippen molar-refractivity contribution in [3.63, 3.8) is 0 Å². The summed E-state index contributed by atoms with van der Waals surface area (Å²) < 4.78 is 0. The van der Waals surface area contributed by atoms with Crippen molar-refractivity contribution in [1.82, 2.24) is 10.2 Å². The third-order valence-corrected chi connectivity index (χ3v) is 5.61. The molecule has 2 N–H and O–H groups in total. The smallest absolute Gasteiger partial charge is 0.325 e. The van der Waals surface area contributed by atoms with E-state index in [0.29, 0.717) is 41.5 Å². The third kappa shape index (κ3) is 5.47. The quantitative estimate of drug-likeness (QED) is 0.727. The second kappa shape index (κ2) is 9.24. The second-order valence-electron chi connectivity index (χ2n) is 6.60. The Morgan fingerprint density at radius 1 is 1.22 bits per heavy atom. The van der Waals surface area contributed by atoms with E-state index in [0.717, 1.165) is 5.56 Å². The largest absolute Gasteiger partial charge is 0.480 e. The molecule has 0 aromatic heterocycles. The molecule has 6 nitrogen and oxygen atoms in total. The van der Waals surface area contributed by atoms with Crippen molar-refractivity contribution in [2.75, 3.05) is 13.1 Å². The van der Waals surface area contributed by atoms with Crippen LogP contribution in [0, 0.1) is 12.8 Å². The Bertz CT molecular complexity index is 771. The number of hydrogen-bond acceptors (Lipinski definition) is 3. The zero-order valence-electron chi connectivity index (χ0n) is 15.2. The number of aliphatic carboxylic acids is 1. The van der Waals surface area contributed by atoms with Gasteiger partial charge in [-0.1, -0.05) is 35.3 Å². The molecule has 1 aromatic carbocycles. The number of carboxylic acids is 1. The van der Waals surface area contributed by atoms with E-state index < -0.39 is 12.0 Å². The normalized spacial score (nSPS) is 16.4. The van der Waals surface area contributed by atoms with E-state index in [4.69, 9.17) is 28.3 Å². The lowest BCUT2D eigenvalue weighted by molar-refractivity contribution is -0.142. The van der Waals surface area contributed by atoms with E-state index in [1.807, 2.05) is 13.0 Å². The molecule has 27 heavy (non-hydrogen) atoms. The van der Waals surface area contributed by atoms with Crippen LogP contribution in [0.3, 0.4) is 0 Å². The number of nitrogens with one attached hydrogen (secondary N) is 1. The summed E-state index contributed by atoms with van der Waals surface area (Å²) in [6, 6.07) is 2.71. The predicted octanol–water partition coefficient (Wildman–Crippen LogP) is 3.14. The lowest BCUT2D eigenvalue weighted by atomic mass is 9.95. The standard InChI is InChI=1S/C19H22Cl2N2O4/c1-11-3-4-13(17(21)16(11)20)5-6-15(24)23-9-7-14(8-10-23)18(25)22-12(2)19(26)27/h3-6,12,14H,7-10H2,1-2H3,(H,22,25)(H,26,27)/b6-5+/t12-/m0/s1. The second-order valence-corrected chi connectivity index (χ2v) is 7.36. The lowest BCUT2D eigenvalue weighted by Gasteiger charge is -2.31. The Hall–Kier alpha value is -2.05. The molecule has 1 atom stereocenters. The van der Waals surface area contributed by atoms with Crippen molar-refractivity contribution in [1.29, 1.82) is 0 Å². The Kier molecular flexibility index (Phi) is 7.27. The number of carbonyl (C=O) groups excluding carboxylic acids is 2. The minimum atomic E-state index is -1.07. The van der Waals surface area contributed by atoms with Crippen LogP contribution in [0.5, 0.6) is 0 Å². The van der Waals surface area contributed by atoms with Gasteiger partial charge in [0.25, 0.3) is 0 Å². The van der Waals surface area contributed by atoms with Gasteiger partial charge in [-0.05, 0) is 43.9 Å². The highest BCUT2D eigenvalue weighted by molar-refractivity contribution is 6.43. The maximum absolute atomic E-state index is 12.4. The summed E-state index contributed by atoms with van der Waals surface area (Å²) >= 11 is 12.3. The molecule has 0 unspecified atom stereocenters. The molecule has 8 heteroatoms. The SMILES string of the molecule is Cc1ccc(/C=C/C(=O)N2CCC(C(=O)N[C@@H](C)C(=O)O)CC2)c(Cl)c1Cl. The van der Waals surface area contributed by atoms with Gasteiger partial charge in [-0.2, -0.15) is 0 Å². The molecule has 2 amide bonds. The van der Waals surface area contributed by atoms with Crippen molar-refractivity contribution in [3.05, 3.63) is 39.4 Å². The molecule has 1 aromatic rings. The van der Waals surface area contributed by atoms with Gasteiger partial charge in [0.05, 0.1) is 10.0 Å². The first-order valence-electron chi connectivity index (χ1n) is 8.65. The van der Waals surface area contributed by atoms with Gasteiger partial charge in [0.2, 0.25) is 11.8 Å². The van der Waals surface area contributed by atoms with Crippen LogP contribution in [0.4, 0.5) is 0 Å². The molecule has 0 spiro atoms. The third-order valence-electron chi connectivity index (χ3n) is 4.62. The summed E-state index contributed by atoms with van der Waals surface area (Å²) in [6.07, 6.45) is 4.06. The Balaban J connectivity index is 1.90. The fraction of sp³-hybridized carbons (Fsp3) is 0.421. The lowest BCUT2D eigenvalue weighted by Crippen LogP contribution is -2.46. The number of likely N-dealkylation sites (tertiary alicyclic amines) is 1. The molecule has 1 aliphatic heterocycles. The van der Waals surface area contributed by atoms with Gasteiger partial charge in [-0.25, -0.2) is 0 Å². The number of rotatable bonds is 5. The van der Waals surface area contributed by atoms with E-state index in [-0.39, 0.29) is 17.7 Å². The fourth-order valence-electron chi connectivity index (χ4n) is 2.81. The van der Waals surface area contributed by atoms with E-state index >= 15 is 0 Å². The maximum atomic E-state index is 12.4. The first-order chi connectivity index (χ1) is 12.7. The van der Waals surface area contributed by atoms with E-state index in [1.165, 1.54) is 13.0 Å². The van der Waals surface area contributed by atoms with Crippen LogP contribution >= 0.6 is 23.2 Å². The van der Waals surface area contributed by atoms with Crippen LogP contribution in [-0.2, 0) is 14.4 Å². The number of nitrogens with zero attached hydrogens (tertiary/aromatic N) is 1. The van der Waals surface area contributed by atoms with Crippen molar-refractivity contribution >= 4 is 47.1 Å². The van der Waals surface area contributed by atoms with Crippen molar-refractivity contribution in [3.8, 4) is 0 Å². The first-order valence-corrected chi connectivity index (χ1v) is 9.41. The van der Waals surface area contributed by atoms with Gasteiger partial charge in [0.15, 0.2) is 0 Å². The zero-order chi connectivity index (χ0) is 20.1. The molecule has 1 saturated heterocycles. The highest BCUT2D eigenvalue weighted by atomic mass is 35.5. The summed E-state index contributed by atoms with van der Waals surface area (Å²) in [4.78, 5) is 36.9. The molecule has 0 radical (unpaired) electrons. The van der Waals surface area contributed by atoms with Gasteiger partial charge < -0.3 is 15.3 Å². The van der Waals surface area contributed by atoms with Gasteiger partial charge in [0.1, 0.15) is 6.04 Å². The van der Waals surface area contributed by atoms with Crippen molar-refractivity contribution in [2.45, 2.75) is 32.7 Å². The summed E-state index contributed by atoms with van der Waals surface area (Å²) in [5.41, 5.74) is 1.53. The van der Waals surface area contributed by atoms with E-state index in [2.05, 4.69) is 5.32 Å². The van der Waals surface area contributed by atoms with Crippen LogP contribution in [0.1, 0.15) is 30.9 Å². The molecule has 0 aliphatic carbocycles. The number of carbonyl (C=O) groups is 3. The number of carboxylic acid groups (broad SMARTS) is 1. The summed E-state index contributed by atoms with van der Waals surface area (Å²) in [5, 5.41) is 12.2. The average molecular weight is 413 g/mol. The van der Waals surface area contributed by atoms with Gasteiger partial charge in [0, 0.05) is 25.1 Å². The molecule has 146 valence electrons. The summed E-state index contributed by atoms with van der Waals surface area (Å²) in [6.45, 7) is 4.15. The van der Waals surface area contributed by atoms with Gasteiger partial charge >= 0.3 is 5.97 Å². The highest BCUT2D eigenvalue weighted by Crippen LogP contribution is 2.30. The molecule has 1 heterocycles. The number of amides is 2. The molecular weight excluding hydrogens is 391 g/mol. The van der Waals surface area contributed by atoms with Crippen molar-refractivity contribution < 1.29 is 19.5 Å². The fourth-order valence-corrected chi connectivity index (χ4v) is 3.26. The topological polar surface area (TPSA) is 86.7 Å². The first kappa shape index (κ1) is 21.3.